The summed E-state index contributed by atoms with van der Waals surface area (Å²) in [6.45, 7) is 13.9. The van der Waals surface area contributed by atoms with Crippen LogP contribution in [0.3, 0.4) is 0 Å². The van der Waals surface area contributed by atoms with Gasteiger partial charge in [-0.05, 0) is 31.5 Å². The topological polar surface area (TPSA) is 99.1 Å². The average molecular weight is 455 g/mol. The highest BCUT2D eigenvalue weighted by atomic mass is 16.6. The van der Waals surface area contributed by atoms with E-state index in [0.717, 1.165) is 17.4 Å². The third-order valence-electron chi connectivity index (χ3n) is 3.43. The van der Waals surface area contributed by atoms with Crippen molar-refractivity contribution >= 4 is 17.9 Å². The first-order valence-electron chi connectivity index (χ1n) is 9.89. The molecular formula is C26H30O7. The lowest BCUT2D eigenvalue weighted by atomic mass is 10.2. The van der Waals surface area contributed by atoms with Crippen molar-refractivity contribution in [2.75, 3.05) is 13.2 Å². The molecule has 0 amide bonds. The van der Waals surface area contributed by atoms with Crippen LogP contribution in [-0.2, 0) is 30.5 Å². The predicted octanol–water partition coefficient (Wildman–Crippen LogP) is 4.75. The Hall–Kier alpha value is -4.13. The minimum atomic E-state index is -0.935. The third-order valence-corrected chi connectivity index (χ3v) is 3.43. The molecule has 0 spiro atoms. The van der Waals surface area contributed by atoms with E-state index < -0.39 is 5.97 Å². The van der Waals surface area contributed by atoms with E-state index in [0.29, 0.717) is 18.8 Å². The molecule has 2 aromatic rings. The van der Waals surface area contributed by atoms with Crippen molar-refractivity contribution in [2.45, 2.75) is 20.5 Å². The van der Waals surface area contributed by atoms with Crippen LogP contribution in [-0.4, -0.2) is 36.2 Å². The fraction of sp³-hybridized carbons (Fsp3) is 0.192. The summed E-state index contributed by atoms with van der Waals surface area (Å²) >= 11 is 0. The van der Waals surface area contributed by atoms with Gasteiger partial charge in [-0.1, -0.05) is 68.3 Å². The lowest BCUT2D eigenvalue weighted by Gasteiger charge is -2.06. The fourth-order valence-corrected chi connectivity index (χ4v) is 1.72. The van der Waals surface area contributed by atoms with E-state index in [1.54, 1.807) is 6.92 Å². The second kappa shape index (κ2) is 17.5. The van der Waals surface area contributed by atoms with Gasteiger partial charge in [-0.25, -0.2) is 14.4 Å². The quantitative estimate of drug-likeness (QED) is 0.332. The highest BCUT2D eigenvalue weighted by Gasteiger charge is 2.02. The molecule has 0 saturated heterocycles. The van der Waals surface area contributed by atoms with Crippen LogP contribution in [0, 0.1) is 0 Å². The Morgan fingerprint density at radius 3 is 1.82 bits per heavy atom. The van der Waals surface area contributed by atoms with Gasteiger partial charge in [0.25, 0.3) is 0 Å². The van der Waals surface area contributed by atoms with Crippen molar-refractivity contribution in [3.05, 3.63) is 103 Å². The average Bonchev–Trinajstić information content (AvgIpc) is 2.82. The largest absolute Gasteiger partial charge is 0.490 e. The summed E-state index contributed by atoms with van der Waals surface area (Å²) in [6.07, 6.45) is 1.16. The lowest BCUT2D eigenvalue weighted by molar-refractivity contribution is -0.140. The summed E-state index contributed by atoms with van der Waals surface area (Å²) in [7, 11) is 0. The second-order valence-electron chi connectivity index (χ2n) is 6.46. The molecule has 0 unspecified atom stereocenters. The monoisotopic (exact) mass is 454 g/mol. The van der Waals surface area contributed by atoms with Gasteiger partial charge in [0.1, 0.15) is 25.6 Å². The molecule has 7 heteroatoms. The molecule has 0 aromatic heterocycles. The number of para-hydroxylation sites is 1. The van der Waals surface area contributed by atoms with Crippen molar-refractivity contribution in [3.8, 4) is 5.75 Å². The number of carboxylic acid groups (broad SMARTS) is 1. The van der Waals surface area contributed by atoms with Gasteiger partial charge in [0, 0.05) is 17.2 Å². The molecule has 0 bridgehead atoms. The molecule has 0 fully saturated rings. The molecule has 0 atom stereocenters. The molecule has 7 nitrogen and oxygen atoms in total. The van der Waals surface area contributed by atoms with Gasteiger partial charge in [0.2, 0.25) is 0 Å². The van der Waals surface area contributed by atoms with Crippen LogP contribution in [0.15, 0.2) is 97.6 Å². The number of esters is 2. The van der Waals surface area contributed by atoms with E-state index in [1.165, 1.54) is 6.92 Å². The van der Waals surface area contributed by atoms with E-state index >= 15 is 0 Å². The molecule has 0 aliphatic heterocycles. The zero-order valence-corrected chi connectivity index (χ0v) is 19.0. The molecule has 176 valence electrons. The van der Waals surface area contributed by atoms with Crippen LogP contribution in [0.25, 0.3) is 0 Å². The first-order chi connectivity index (χ1) is 15.7. The smallest absolute Gasteiger partial charge is 0.333 e. The first-order valence-corrected chi connectivity index (χ1v) is 9.89. The van der Waals surface area contributed by atoms with Crippen LogP contribution < -0.4 is 4.74 Å². The summed E-state index contributed by atoms with van der Waals surface area (Å²) < 4.78 is 15.0. The fourth-order valence-electron chi connectivity index (χ4n) is 1.72. The molecule has 0 aliphatic rings. The van der Waals surface area contributed by atoms with Crippen molar-refractivity contribution in [2.24, 2.45) is 0 Å². The Labute approximate surface area is 194 Å². The first kappa shape index (κ1) is 28.9. The van der Waals surface area contributed by atoms with E-state index in [9.17, 15) is 14.4 Å². The zero-order valence-electron chi connectivity index (χ0n) is 19.0. The Balaban J connectivity index is 0.000000509. The number of hydrogen-bond acceptors (Lipinski definition) is 6. The molecular weight excluding hydrogens is 424 g/mol. The lowest BCUT2D eigenvalue weighted by Crippen LogP contribution is -2.12. The van der Waals surface area contributed by atoms with Crippen LogP contribution in [0.1, 0.15) is 19.4 Å². The summed E-state index contributed by atoms with van der Waals surface area (Å²) in [5, 5.41) is 7.89. The van der Waals surface area contributed by atoms with E-state index in [-0.39, 0.29) is 24.1 Å². The number of carbonyl (C=O) groups excluding carboxylic acids is 2. The molecule has 2 rings (SSSR count). The number of rotatable bonds is 9. The predicted molar refractivity (Wildman–Crippen MR) is 127 cm³/mol. The van der Waals surface area contributed by atoms with Crippen molar-refractivity contribution < 1.29 is 33.7 Å². The van der Waals surface area contributed by atoms with Crippen LogP contribution in [0.5, 0.6) is 5.75 Å². The maximum Gasteiger partial charge on any atom is 0.333 e. The van der Waals surface area contributed by atoms with Crippen LogP contribution >= 0.6 is 0 Å². The van der Waals surface area contributed by atoms with E-state index in [1.807, 2.05) is 60.7 Å². The van der Waals surface area contributed by atoms with Gasteiger partial charge in [-0.3, -0.25) is 0 Å². The van der Waals surface area contributed by atoms with Crippen molar-refractivity contribution in [1.82, 2.24) is 0 Å². The maximum atomic E-state index is 11.0. The van der Waals surface area contributed by atoms with Gasteiger partial charge < -0.3 is 19.3 Å². The van der Waals surface area contributed by atoms with Gasteiger partial charge in [0.15, 0.2) is 0 Å². The summed E-state index contributed by atoms with van der Waals surface area (Å²) in [5.74, 6) is -0.940. The second-order valence-corrected chi connectivity index (χ2v) is 6.46. The Morgan fingerprint density at radius 2 is 1.36 bits per heavy atom. The summed E-state index contributed by atoms with van der Waals surface area (Å²) in [4.78, 5) is 31.2. The number of benzene rings is 2. The van der Waals surface area contributed by atoms with E-state index in [2.05, 4.69) is 19.7 Å². The third kappa shape index (κ3) is 16.3. The van der Waals surface area contributed by atoms with Crippen LogP contribution in [0.2, 0.25) is 0 Å². The standard InChI is InChI=1S/C12H14O3.C10H10O2.C4H6O2/c1-10(2)12(13)15-9-8-14-11-6-4-3-5-7-11;1-2-10(11)12-8-9-6-4-3-5-7-9;1-3(2)4(5)6/h3-7H,1,8-9H2,2H3;2-7H,1,8H2;1H2,2H3,(H,5,6). The van der Waals surface area contributed by atoms with Gasteiger partial charge in [-0.2, -0.15) is 0 Å². The number of ether oxygens (including phenoxy) is 3. The minimum absolute atomic E-state index is 0.176. The minimum Gasteiger partial charge on any atom is -0.490 e. The zero-order chi connectivity index (χ0) is 25.1. The molecule has 0 radical (unpaired) electrons. The number of aliphatic carboxylic acids is 1. The molecule has 0 aliphatic carbocycles. The van der Waals surface area contributed by atoms with Crippen molar-refractivity contribution in [1.29, 1.82) is 0 Å². The molecule has 0 saturated carbocycles. The number of hydrogen-bond donors (Lipinski definition) is 1. The Morgan fingerprint density at radius 1 is 0.848 bits per heavy atom. The normalized spacial score (nSPS) is 8.91. The number of carboxylic acids is 1. The van der Waals surface area contributed by atoms with E-state index in [4.69, 9.17) is 19.3 Å². The van der Waals surface area contributed by atoms with Gasteiger partial charge >= 0.3 is 17.9 Å². The van der Waals surface area contributed by atoms with Crippen molar-refractivity contribution in [3.63, 3.8) is 0 Å². The highest BCUT2D eigenvalue weighted by molar-refractivity contribution is 5.86. The maximum absolute atomic E-state index is 11.0. The van der Waals surface area contributed by atoms with Crippen LogP contribution in [0.4, 0.5) is 0 Å². The molecule has 2 aromatic carbocycles. The number of carbonyl (C=O) groups is 3. The molecule has 1 N–H and O–H groups in total. The van der Waals surface area contributed by atoms with Gasteiger partial charge in [0.05, 0.1) is 0 Å². The van der Waals surface area contributed by atoms with Gasteiger partial charge in [-0.15, -0.1) is 0 Å². The summed E-state index contributed by atoms with van der Waals surface area (Å²) in [6, 6.07) is 18.9. The SMILES string of the molecule is C=C(C)C(=O)O.C=C(C)C(=O)OCCOc1ccccc1.C=CC(=O)OCc1ccccc1. The Bertz CT molecular complexity index is 891. The summed E-state index contributed by atoms with van der Waals surface area (Å²) in [5.41, 5.74) is 1.55. The Kier molecular flexibility index (Phi) is 15.3. The molecule has 0 heterocycles. The highest BCUT2D eigenvalue weighted by Crippen LogP contribution is 2.07. The molecule has 33 heavy (non-hydrogen) atoms.